The van der Waals surface area contributed by atoms with Gasteiger partial charge in [-0.05, 0) is 49.2 Å². The van der Waals surface area contributed by atoms with Gasteiger partial charge in [-0.15, -0.1) is 0 Å². The second-order valence-electron chi connectivity index (χ2n) is 7.79. The molecule has 4 aromatic rings. The number of aliphatic hydroxyl groups is 1. The highest BCUT2D eigenvalue weighted by atomic mass is 79.9. The molecule has 5 nitrogen and oxygen atoms in total. The summed E-state index contributed by atoms with van der Waals surface area (Å²) in [7, 11) is 0. The number of hydrazine groups is 1. The van der Waals surface area contributed by atoms with Crippen molar-refractivity contribution < 1.29 is 5.11 Å². The van der Waals surface area contributed by atoms with Crippen LogP contribution in [0.1, 0.15) is 23.0 Å². The van der Waals surface area contributed by atoms with Crippen molar-refractivity contribution in [3.05, 3.63) is 99.1 Å². The number of H-pyrrole nitrogens is 1. The summed E-state index contributed by atoms with van der Waals surface area (Å²) in [5.74, 6) is 0. The van der Waals surface area contributed by atoms with E-state index in [1.54, 1.807) is 0 Å². The number of aromatic amines is 1. The molecular weight excluding hydrogens is 488 g/mol. The molecule has 0 spiro atoms. The monoisotopic (exact) mass is 508 g/mol. The van der Waals surface area contributed by atoms with Gasteiger partial charge < -0.3 is 5.11 Å². The highest BCUT2D eigenvalue weighted by molar-refractivity contribution is 9.10. The number of para-hydroxylation sites is 2. The van der Waals surface area contributed by atoms with Gasteiger partial charge in [-0.3, -0.25) is 10.1 Å². The summed E-state index contributed by atoms with van der Waals surface area (Å²) in [6, 6.07) is 23.8. The Labute approximate surface area is 200 Å². The molecule has 1 aliphatic heterocycles. The Hall–Kier alpha value is -2.80. The highest BCUT2D eigenvalue weighted by Gasteiger charge is 2.33. The quantitative estimate of drug-likeness (QED) is 0.311. The van der Waals surface area contributed by atoms with Crippen LogP contribution < -0.4 is 10.0 Å². The number of hydrogen-bond donors (Lipinski definition) is 2. The van der Waals surface area contributed by atoms with Crippen LogP contribution in [-0.4, -0.2) is 21.8 Å². The van der Waals surface area contributed by atoms with Gasteiger partial charge in [-0.1, -0.05) is 70.0 Å². The molecule has 1 aromatic heterocycles. The molecule has 0 bridgehead atoms. The number of fused-ring (bicyclic) bond motifs is 1. The van der Waals surface area contributed by atoms with Crippen LogP contribution in [0, 0.1) is 6.92 Å². The Bertz CT molecular complexity index is 1260. The van der Waals surface area contributed by atoms with E-state index in [-0.39, 0.29) is 0 Å². The van der Waals surface area contributed by atoms with E-state index < -0.39 is 6.23 Å². The van der Waals surface area contributed by atoms with E-state index in [0.717, 1.165) is 45.6 Å². The van der Waals surface area contributed by atoms with Crippen molar-refractivity contribution in [1.82, 2.24) is 10.2 Å². The van der Waals surface area contributed by atoms with Crippen LogP contribution in [0.15, 0.2) is 77.3 Å². The number of nitrogens with one attached hydrogen (secondary N) is 1. The first-order chi connectivity index (χ1) is 15.5. The molecule has 0 radical (unpaired) electrons. The maximum Gasteiger partial charge on any atom is 0.188 e. The highest BCUT2D eigenvalue weighted by Crippen LogP contribution is 2.39. The summed E-state index contributed by atoms with van der Waals surface area (Å²) in [5.41, 5.74) is 6.36. The average molecular weight is 510 g/mol. The van der Waals surface area contributed by atoms with Crippen molar-refractivity contribution in [3.8, 4) is 11.3 Å². The second-order valence-corrected chi connectivity index (χ2v) is 9.11. The molecule has 0 fully saturated rings. The number of rotatable bonds is 5. The smallest absolute Gasteiger partial charge is 0.188 e. The maximum absolute atomic E-state index is 11.7. The molecule has 2 N–H and O–H groups in total. The Kier molecular flexibility index (Phi) is 5.67. The first-order valence-corrected chi connectivity index (χ1v) is 11.6. The molecule has 7 heteroatoms. The number of halogens is 2. The van der Waals surface area contributed by atoms with Crippen molar-refractivity contribution in [2.45, 2.75) is 19.6 Å². The fourth-order valence-corrected chi connectivity index (χ4v) is 4.74. The van der Waals surface area contributed by atoms with Gasteiger partial charge in [-0.25, -0.2) is 5.01 Å². The predicted molar refractivity (Wildman–Crippen MR) is 133 cm³/mol. The van der Waals surface area contributed by atoms with Crippen LogP contribution in [-0.2, 0) is 6.42 Å². The molecule has 0 saturated heterocycles. The van der Waals surface area contributed by atoms with Crippen molar-refractivity contribution in [1.29, 1.82) is 0 Å². The van der Waals surface area contributed by atoms with Gasteiger partial charge in [0.05, 0.1) is 27.8 Å². The van der Waals surface area contributed by atoms with E-state index in [9.17, 15) is 5.11 Å². The lowest BCUT2D eigenvalue weighted by Gasteiger charge is -2.39. The van der Waals surface area contributed by atoms with Crippen LogP contribution in [0.4, 0.5) is 11.4 Å². The summed E-state index contributed by atoms with van der Waals surface area (Å²) >= 11 is 10.1. The van der Waals surface area contributed by atoms with Gasteiger partial charge in [0.25, 0.3) is 0 Å². The van der Waals surface area contributed by atoms with Crippen LogP contribution in [0.2, 0.25) is 5.02 Å². The molecular formula is C25H22BrClN4O. The molecule has 0 saturated carbocycles. The first-order valence-electron chi connectivity index (χ1n) is 10.4. The molecule has 0 amide bonds. The fraction of sp³-hybridized carbons (Fsp3) is 0.160. The zero-order valence-electron chi connectivity index (χ0n) is 17.5. The van der Waals surface area contributed by atoms with E-state index in [4.69, 9.17) is 11.6 Å². The molecule has 3 aromatic carbocycles. The van der Waals surface area contributed by atoms with E-state index >= 15 is 0 Å². The Morgan fingerprint density at radius 1 is 1.06 bits per heavy atom. The largest absolute Gasteiger partial charge is 0.367 e. The van der Waals surface area contributed by atoms with E-state index in [1.165, 1.54) is 5.56 Å². The normalized spacial score (nSPS) is 13.8. The van der Waals surface area contributed by atoms with Gasteiger partial charge in [0.1, 0.15) is 0 Å². The third kappa shape index (κ3) is 3.68. The van der Waals surface area contributed by atoms with Crippen LogP contribution in [0.3, 0.4) is 0 Å². The number of anilines is 2. The predicted octanol–water partition coefficient (Wildman–Crippen LogP) is 6.28. The van der Waals surface area contributed by atoms with Crippen LogP contribution in [0.5, 0.6) is 0 Å². The third-order valence-electron chi connectivity index (χ3n) is 5.88. The molecule has 1 unspecified atom stereocenters. The zero-order valence-corrected chi connectivity index (χ0v) is 19.8. The lowest BCUT2D eigenvalue weighted by molar-refractivity contribution is 0.163. The molecule has 0 aliphatic carbocycles. The topological polar surface area (TPSA) is 55.4 Å². The molecule has 32 heavy (non-hydrogen) atoms. The fourth-order valence-electron chi connectivity index (χ4n) is 4.25. The summed E-state index contributed by atoms with van der Waals surface area (Å²) in [5, 5.41) is 23.8. The zero-order chi connectivity index (χ0) is 22.2. The van der Waals surface area contributed by atoms with Crippen molar-refractivity contribution in [3.63, 3.8) is 0 Å². The SMILES string of the molecule is Cc1c(-c2ccc(Br)cc2)n[nH]c1C(O)N(c1ccccc1Cl)N1CCc2ccccc21. The van der Waals surface area contributed by atoms with E-state index in [1.807, 2.05) is 72.6 Å². The standard InChI is InChI=1S/C25H22BrClN4O/c1-16-23(18-10-12-19(26)13-11-18)28-29-24(16)25(32)31(22-9-5-3-7-20(22)27)30-15-14-17-6-2-4-8-21(17)30/h2-13,25,32H,14-15H2,1H3,(H,28,29). The minimum absolute atomic E-state index is 0.571. The molecule has 5 rings (SSSR count). The number of aliphatic hydroxyl groups excluding tert-OH is 1. The van der Waals surface area contributed by atoms with Gasteiger partial charge in [0.2, 0.25) is 0 Å². The summed E-state index contributed by atoms with van der Waals surface area (Å²) < 4.78 is 1.01. The Balaban J connectivity index is 1.59. The van der Waals surface area contributed by atoms with Crippen molar-refractivity contribution >= 4 is 38.9 Å². The Morgan fingerprint density at radius 2 is 1.78 bits per heavy atom. The van der Waals surface area contributed by atoms with Gasteiger partial charge >= 0.3 is 0 Å². The minimum atomic E-state index is -1.00. The lowest BCUT2D eigenvalue weighted by Crippen LogP contribution is -2.45. The maximum atomic E-state index is 11.7. The second kappa shape index (κ2) is 8.62. The van der Waals surface area contributed by atoms with Crippen LogP contribution in [0.25, 0.3) is 11.3 Å². The van der Waals surface area contributed by atoms with Crippen molar-refractivity contribution in [2.24, 2.45) is 0 Å². The number of benzene rings is 3. The van der Waals surface area contributed by atoms with Crippen LogP contribution >= 0.6 is 27.5 Å². The summed E-state index contributed by atoms with van der Waals surface area (Å²) in [6.07, 6.45) is -0.103. The Morgan fingerprint density at radius 3 is 2.56 bits per heavy atom. The molecule has 162 valence electrons. The number of hydrogen-bond acceptors (Lipinski definition) is 4. The minimum Gasteiger partial charge on any atom is -0.367 e. The van der Waals surface area contributed by atoms with Gasteiger partial charge in [0, 0.05) is 22.1 Å². The molecule has 1 aliphatic rings. The summed E-state index contributed by atoms with van der Waals surface area (Å²) in [4.78, 5) is 0. The van der Waals surface area contributed by atoms with Crippen molar-refractivity contribution in [2.75, 3.05) is 16.6 Å². The molecule has 2 heterocycles. The molecule has 1 atom stereocenters. The summed E-state index contributed by atoms with van der Waals surface area (Å²) in [6.45, 7) is 2.72. The van der Waals surface area contributed by atoms with Gasteiger partial charge in [0.15, 0.2) is 6.23 Å². The van der Waals surface area contributed by atoms with E-state index in [0.29, 0.717) is 10.7 Å². The van der Waals surface area contributed by atoms with Gasteiger partial charge in [-0.2, -0.15) is 5.10 Å². The number of nitrogens with zero attached hydrogens (tertiary/aromatic N) is 3. The average Bonchev–Trinajstić information content (AvgIpc) is 3.40. The number of aromatic nitrogens is 2. The van der Waals surface area contributed by atoms with E-state index in [2.05, 4.69) is 43.3 Å². The first kappa shape index (κ1) is 21.1. The third-order valence-corrected chi connectivity index (χ3v) is 6.73. The lowest BCUT2D eigenvalue weighted by atomic mass is 10.1.